The summed E-state index contributed by atoms with van der Waals surface area (Å²) < 4.78 is 16.9. The van der Waals surface area contributed by atoms with E-state index in [9.17, 15) is 14.4 Å². The van der Waals surface area contributed by atoms with E-state index in [0.717, 1.165) is 116 Å². The number of allylic oxidation sites excluding steroid dienone is 16. The minimum atomic E-state index is -0.782. The van der Waals surface area contributed by atoms with Crippen LogP contribution < -0.4 is 0 Å². The Bertz CT molecular complexity index is 1460. The first kappa shape index (κ1) is 70.3. The largest absolute Gasteiger partial charge is 0.462 e. The minimum Gasteiger partial charge on any atom is -0.462 e. The van der Waals surface area contributed by atoms with Gasteiger partial charge in [-0.3, -0.25) is 14.4 Å². The zero-order chi connectivity index (χ0) is 53.6. The van der Waals surface area contributed by atoms with Gasteiger partial charge in [-0.15, -0.1) is 0 Å². The molecule has 6 nitrogen and oxygen atoms in total. The molecular formula is C68H116O6. The standard InChI is InChI=1S/C68H116O6/c1-4-7-10-13-16-19-22-24-26-28-30-32-33-34-35-37-38-40-42-44-46-49-52-55-58-61-67(70)73-64-65(63-72-66(69)60-57-54-51-48-21-18-15-12-9-6-3)74-68(71)62-59-56-53-50-47-45-43-41-39-36-31-29-27-25-23-20-17-14-11-8-5-2/h7-8,10-11,16-17,19-20,24-27,30-32,36,65H,4-6,9,12-15,18,21-23,28-29,33-35,37-64H2,1-3H3/b10-7-,11-8-,19-16-,20-17-,26-24-,27-25-,32-30-,36-31-. The van der Waals surface area contributed by atoms with Gasteiger partial charge < -0.3 is 14.2 Å². The SMILES string of the molecule is CC/C=C\C/C=C\C/C=C\C/C=C\CCCCCCCCCCCCCCC(=O)OCC(COC(=O)CCCCCCCCCCCC)OC(=O)CCCCCCCCCC/C=C\C/C=C\C/C=C\C/C=C\CC. The predicted molar refractivity (Wildman–Crippen MR) is 320 cm³/mol. The number of carbonyl (C=O) groups is 3. The van der Waals surface area contributed by atoms with Gasteiger partial charge in [0.05, 0.1) is 0 Å². The molecule has 0 rings (SSSR count). The fourth-order valence-corrected chi connectivity index (χ4v) is 8.72. The quantitative estimate of drug-likeness (QED) is 0.0261. The Morgan fingerprint density at radius 3 is 0.824 bits per heavy atom. The first-order valence-corrected chi connectivity index (χ1v) is 31.2. The van der Waals surface area contributed by atoms with Gasteiger partial charge in [0.2, 0.25) is 0 Å². The Morgan fingerprint density at radius 2 is 0.527 bits per heavy atom. The number of ether oxygens (including phenoxy) is 3. The normalized spacial score (nSPS) is 12.7. The van der Waals surface area contributed by atoms with Gasteiger partial charge in [0, 0.05) is 19.3 Å². The molecule has 74 heavy (non-hydrogen) atoms. The molecule has 0 aliphatic rings. The third kappa shape index (κ3) is 59.2. The molecule has 0 saturated heterocycles. The average Bonchev–Trinajstić information content (AvgIpc) is 3.40. The van der Waals surface area contributed by atoms with Crippen molar-refractivity contribution in [2.45, 2.75) is 303 Å². The minimum absolute atomic E-state index is 0.0788. The topological polar surface area (TPSA) is 78.9 Å². The molecule has 0 aliphatic heterocycles. The van der Waals surface area contributed by atoms with E-state index in [4.69, 9.17) is 14.2 Å². The van der Waals surface area contributed by atoms with Crippen LogP contribution in [0.3, 0.4) is 0 Å². The third-order valence-corrected chi connectivity index (χ3v) is 13.3. The highest BCUT2D eigenvalue weighted by Gasteiger charge is 2.19. The van der Waals surface area contributed by atoms with Crippen LogP contribution in [0, 0.1) is 0 Å². The van der Waals surface area contributed by atoms with Crippen molar-refractivity contribution in [3.05, 3.63) is 97.2 Å². The van der Waals surface area contributed by atoms with E-state index in [1.807, 2.05) is 0 Å². The van der Waals surface area contributed by atoms with E-state index >= 15 is 0 Å². The molecular weight excluding hydrogens is 913 g/mol. The lowest BCUT2D eigenvalue weighted by atomic mass is 10.0. The number of hydrogen-bond acceptors (Lipinski definition) is 6. The summed E-state index contributed by atoms with van der Waals surface area (Å²) in [6.45, 7) is 6.42. The summed E-state index contributed by atoms with van der Waals surface area (Å²) >= 11 is 0. The molecule has 0 heterocycles. The van der Waals surface area contributed by atoms with Crippen LogP contribution in [-0.2, 0) is 28.6 Å². The molecule has 0 spiro atoms. The Labute approximate surface area is 457 Å². The molecule has 424 valence electrons. The van der Waals surface area contributed by atoms with Crippen LogP contribution in [0.1, 0.15) is 297 Å². The van der Waals surface area contributed by atoms with E-state index in [1.165, 1.54) is 141 Å². The van der Waals surface area contributed by atoms with Gasteiger partial charge in [0.25, 0.3) is 0 Å². The maximum Gasteiger partial charge on any atom is 0.306 e. The van der Waals surface area contributed by atoms with Crippen molar-refractivity contribution in [3.8, 4) is 0 Å². The molecule has 0 radical (unpaired) electrons. The van der Waals surface area contributed by atoms with Crippen LogP contribution in [-0.4, -0.2) is 37.2 Å². The highest BCUT2D eigenvalue weighted by Crippen LogP contribution is 2.16. The van der Waals surface area contributed by atoms with Gasteiger partial charge in [-0.1, -0.05) is 279 Å². The van der Waals surface area contributed by atoms with Crippen molar-refractivity contribution in [1.29, 1.82) is 0 Å². The molecule has 0 aliphatic carbocycles. The van der Waals surface area contributed by atoms with Gasteiger partial charge in [-0.2, -0.15) is 0 Å². The molecule has 0 saturated carbocycles. The molecule has 1 atom stereocenters. The van der Waals surface area contributed by atoms with Gasteiger partial charge in [0.1, 0.15) is 13.2 Å². The van der Waals surface area contributed by atoms with Gasteiger partial charge in [0.15, 0.2) is 6.10 Å². The Kier molecular flexibility index (Phi) is 58.8. The summed E-state index contributed by atoms with van der Waals surface area (Å²) in [5.41, 5.74) is 0. The fraction of sp³-hybridized carbons (Fsp3) is 0.721. The van der Waals surface area contributed by atoms with Crippen LogP contribution in [0.5, 0.6) is 0 Å². The Balaban J connectivity index is 4.26. The molecule has 0 aromatic rings. The number of hydrogen-bond donors (Lipinski definition) is 0. The van der Waals surface area contributed by atoms with Crippen molar-refractivity contribution in [3.63, 3.8) is 0 Å². The maximum absolute atomic E-state index is 12.9. The second kappa shape index (κ2) is 61.9. The second-order valence-electron chi connectivity index (χ2n) is 20.6. The zero-order valence-corrected chi connectivity index (χ0v) is 48.6. The molecule has 0 N–H and O–H groups in total. The number of carbonyl (C=O) groups excluding carboxylic acids is 3. The molecule has 0 amide bonds. The molecule has 0 fully saturated rings. The van der Waals surface area contributed by atoms with E-state index in [0.29, 0.717) is 19.3 Å². The van der Waals surface area contributed by atoms with Crippen molar-refractivity contribution >= 4 is 17.9 Å². The first-order chi connectivity index (χ1) is 36.5. The summed E-state index contributed by atoms with van der Waals surface area (Å²) in [7, 11) is 0. The summed E-state index contributed by atoms with van der Waals surface area (Å²) in [6, 6.07) is 0. The number of unbranched alkanes of at least 4 members (excludes halogenated alkanes) is 29. The molecule has 0 aromatic carbocycles. The van der Waals surface area contributed by atoms with Gasteiger partial charge in [-0.05, 0) is 96.3 Å². The van der Waals surface area contributed by atoms with Crippen LogP contribution in [0.25, 0.3) is 0 Å². The summed E-state index contributed by atoms with van der Waals surface area (Å²) in [5.74, 6) is -0.882. The number of rotatable bonds is 56. The van der Waals surface area contributed by atoms with Gasteiger partial charge in [-0.25, -0.2) is 0 Å². The van der Waals surface area contributed by atoms with Crippen molar-refractivity contribution in [1.82, 2.24) is 0 Å². The van der Waals surface area contributed by atoms with Crippen LogP contribution in [0.15, 0.2) is 97.2 Å². The second-order valence-corrected chi connectivity index (χ2v) is 20.6. The Hall–Kier alpha value is -3.67. The Morgan fingerprint density at radius 1 is 0.284 bits per heavy atom. The van der Waals surface area contributed by atoms with Gasteiger partial charge >= 0.3 is 17.9 Å². The molecule has 6 heteroatoms. The highest BCUT2D eigenvalue weighted by atomic mass is 16.6. The molecule has 0 aromatic heterocycles. The highest BCUT2D eigenvalue weighted by molar-refractivity contribution is 5.71. The van der Waals surface area contributed by atoms with Crippen LogP contribution in [0.2, 0.25) is 0 Å². The number of esters is 3. The monoisotopic (exact) mass is 1030 g/mol. The van der Waals surface area contributed by atoms with E-state index < -0.39 is 6.10 Å². The summed E-state index contributed by atoms with van der Waals surface area (Å²) in [6.07, 6.45) is 82.7. The fourth-order valence-electron chi connectivity index (χ4n) is 8.72. The van der Waals surface area contributed by atoms with E-state index in [1.54, 1.807) is 0 Å². The first-order valence-electron chi connectivity index (χ1n) is 31.2. The van der Waals surface area contributed by atoms with Crippen molar-refractivity contribution in [2.75, 3.05) is 13.2 Å². The predicted octanol–water partition coefficient (Wildman–Crippen LogP) is 21.3. The smallest absolute Gasteiger partial charge is 0.306 e. The zero-order valence-electron chi connectivity index (χ0n) is 48.6. The van der Waals surface area contributed by atoms with Crippen LogP contribution in [0.4, 0.5) is 0 Å². The molecule has 0 bridgehead atoms. The summed E-state index contributed by atoms with van der Waals surface area (Å²) in [5, 5.41) is 0. The van der Waals surface area contributed by atoms with Crippen LogP contribution >= 0.6 is 0 Å². The summed E-state index contributed by atoms with van der Waals surface area (Å²) in [4.78, 5) is 38.2. The van der Waals surface area contributed by atoms with Crippen molar-refractivity contribution < 1.29 is 28.6 Å². The molecule has 1 unspecified atom stereocenters. The maximum atomic E-state index is 12.9. The van der Waals surface area contributed by atoms with Crippen molar-refractivity contribution in [2.24, 2.45) is 0 Å². The average molecular weight is 1030 g/mol. The van der Waals surface area contributed by atoms with E-state index in [2.05, 4.69) is 118 Å². The lowest BCUT2D eigenvalue weighted by Gasteiger charge is -2.18. The lowest BCUT2D eigenvalue weighted by molar-refractivity contribution is -0.167. The van der Waals surface area contributed by atoms with E-state index in [-0.39, 0.29) is 31.1 Å². The lowest BCUT2D eigenvalue weighted by Crippen LogP contribution is -2.30. The third-order valence-electron chi connectivity index (χ3n) is 13.3.